The molecule has 0 aliphatic carbocycles. The fraction of sp³-hybridized carbons (Fsp3) is 0.308. The number of halogens is 1. The zero-order chi connectivity index (χ0) is 13.7. The zero-order valence-electron chi connectivity index (χ0n) is 10.6. The van der Waals surface area contributed by atoms with Crippen LogP contribution in [0.2, 0.25) is 0 Å². The van der Waals surface area contributed by atoms with Gasteiger partial charge in [0.2, 0.25) is 0 Å². The van der Waals surface area contributed by atoms with Crippen LogP contribution in [-0.4, -0.2) is 17.6 Å². The number of anilines is 1. The summed E-state index contributed by atoms with van der Waals surface area (Å²) in [5, 5.41) is 3.86. The van der Waals surface area contributed by atoms with Crippen LogP contribution in [0.5, 0.6) is 5.75 Å². The average Bonchev–Trinajstić information content (AvgIpc) is 2.80. The molecule has 0 amide bonds. The summed E-state index contributed by atoms with van der Waals surface area (Å²) in [4.78, 5) is 5.06. The first-order valence-electron chi connectivity index (χ1n) is 5.95. The summed E-state index contributed by atoms with van der Waals surface area (Å²) < 4.78 is 18.5. The zero-order valence-corrected chi connectivity index (χ0v) is 11.4. The third kappa shape index (κ3) is 4.50. The fourth-order valence-corrected chi connectivity index (χ4v) is 2.15. The minimum atomic E-state index is -0.293. The maximum absolute atomic E-state index is 13.0. The number of nitrogen functional groups attached to an aromatic ring is 1. The Bertz CT molecular complexity index is 532. The molecule has 4 nitrogen and oxygen atoms in total. The van der Waals surface area contributed by atoms with Crippen LogP contribution in [0.1, 0.15) is 11.8 Å². The predicted molar refractivity (Wildman–Crippen MR) is 74.7 cm³/mol. The van der Waals surface area contributed by atoms with Gasteiger partial charge < -0.3 is 15.8 Å². The van der Waals surface area contributed by atoms with Gasteiger partial charge in [-0.3, -0.25) is 0 Å². The molecule has 3 N–H and O–H groups in total. The van der Waals surface area contributed by atoms with Crippen LogP contribution in [0.25, 0.3) is 0 Å². The number of thiazole rings is 1. The molecule has 1 aromatic heterocycles. The van der Waals surface area contributed by atoms with Gasteiger partial charge in [-0.25, -0.2) is 9.37 Å². The van der Waals surface area contributed by atoms with E-state index in [1.54, 1.807) is 18.3 Å². The Balaban J connectivity index is 1.74. The summed E-state index contributed by atoms with van der Waals surface area (Å²) in [5.41, 5.74) is 5.55. The third-order valence-electron chi connectivity index (χ3n) is 2.49. The second-order valence-electron chi connectivity index (χ2n) is 4.22. The van der Waals surface area contributed by atoms with Gasteiger partial charge in [0.15, 0.2) is 5.13 Å². The molecule has 2 rings (SSSR count). The van der Waals surface area contributed by atoms with E-state index in [0.717, 1.165) is 4.88 Å². The Kier molecular flexibility index (Phi) is 4.70. The Morgan fingerprint density at radius 3 is 3.05 bits per heavy atom. The highest BCUT2D eigenvalue weighted by molar-refractivity contribution is 7.15. The summed E-state index contributed by atoms with van der Waals surface area (Å²) in [7, 11) is 0. The van der Waals surface area contributed by atoms with E-state index in [1.165, 1.54) is 23.5 Å². The van der Waals surface area contributed by atoms with E-state index in [1.807, 2.05) is 6.92 Å². The first kappa shape index (κ1) is 13.8. The van der Waals surface area contributed by atoms with Gasteiger partial charge >= 0.3 is 0 Å². The number of rotatable bonds is 6. The molecule has 2 aromatic rings. The van der Waals surface area contributed by atoms with Crippen molar-refractivity contribution in [3.8, 4) is 5.75 Å². The van der Waals surface area contributed by atoms with Gasteiger partial charge in [0.25, 0.3) is 0 Å². The Morgan fingerprint density at radius 2 is 2.37 bits per heavy atom. The SMILES string of the molecule is CC(COc1cccc(F)c1)NCc1cnc(N)s1. The minimum Gasteiger partial charge on any atom is -0.492 e. The van der Waals surface area contributed by atoms with Crippen molar-refractivity contribution in [2.45, 2.75) is 19.5 Å². The molecule has 0 aliphatic heterocycles. The number of nitrogens with zero attached hydrogens (tertiary/aromatic N) is 1. The van der Waals surface area contributed by atoms with Gasteiger partial charge in [-0.05, 0) is 19.1 Å². The summed E-state index contributed by atoms with van der Waals surface area (Å²) in [5.74, 6) is 0.244. The van der Waals surface area contributed by atoms with Crippen LogP contribution in [-0.2, 0) is 6.54 Å². The minimum absolute atomic E-state index is 0.145. The van der Waals surface area contributed by atoms with E-state index < -0.39 is 0 Å². The van der Waals surface area contributed by atoms with E-state index in [0.29, 0.717) is 24.0 Å². The summed E-state index contributed by atoms with van der Waals surface area (Å²) in [6.45, 7) is 3.17. The number of hydrogen-bond donors (Lipinski definition) is 2. The first-order chi connectivity index (χ1) is 9.13. The normalized spacial score (nSPS) is 12.3. The van der Waals surface area contributed by atoms with E-state index >= 15 is 0 Å². The van der Waals surface area contributed by atoms with Crippen LogP contribution in [0.3, 0.4) is 0 Å². The van der Waals surface area contributed by atoms with Gasteiger partial charge in [-0.15, -0.1) is 11.3 Å². The monoisotopic (exact) mass is 281 g/mol. The smallest absolute Gasteiger partial charge is 0.180 e. The second-order valence-corrected chi connectivity index (χ2v) is 5.36. The number of nitrogens with two attached hydrogens (primary N) is 1. The van der Waals surface area contributed by atoms with E-state index in [2.05, 4.69) is 10.3 Å². The lowest BCUT2D eigenvalue weighted by molar-refractivity contribution is 0.272. The van der Waals surface area contributed by atoms with Crippen molar-refractivity contribution in [1.82, 2.24) is 10.3 Å². The lowest BCUT2D eigenvalue weighted by Gasteiger charge is -2.14. The van der Waals surface area contributed by atoms with Crippen LogP contribution in [0.15, 0.2) is 30.5 Å². The predicted octanol–water partition coefficient (Wildman–Crippen LogP) is 2.42. The fourth-order valence-electron chi connectivity index (χ4n) is 1.52. The summed E-state index contributed by atoms with van der Waals surface area (Å²) in [6.07, 6.45) is 1.76. The Labute approximate surface area is 115 Å². The average molecular weight is 281 g/mol. The third-order valence-corrected chi connectivity index (χ3v) is 3.32. The number of ether oxygens (including phenoxy) is 1. The highest BCUT2D eigenvalue weighted by Crippen LogP contribution is 2.14. The largest absolute Gasteiger partial charge is 0.492 e. The van der Waals surface area contributed by atoms with Gasteiger partial charge in [0.05, 0.1) is 0 Å². The van der Waals surface area contributed by atoms with Crippen molar-refractivity contribution < 1.29 is 9.13 Å². The van der Waals surface area contributed by atoms with Gasteiger partial charge in [0.1, 0.15) is 18.2 Å². The van der Waals surface area contributed by atoms with Crippen molar-refractivity contribution in [3.05, 3.63) is 41.2 Å². The number of hydrogen-bond acceptors (Lipinski definition) is 5. The summed E-state index contributed by atoms with van der Waals surface area (Å²) >= 11 is 1.46. The van der Waals surface area contributed by atoms with Crippen LogP contribution >= 0.6 is 11.3 Å². The van der Waals surface area contributed by atoms with E-state index in [9.17, 15) is 4.39 Å². The van der Waals surface area contributed by atoms with Crippen molar-refractivity contribution >= 4 is 16.5 Å². The molecule has 0 bridgehead atoms. The molecule has 102 valence electrons. The van der Waals surface area contributed by atoms with Crippen LogP contribution < -0.4 is 15.8 Å². The van der Waals surface area contributed by atoms with Crippen molar-refractivity contribution in [2.24, 2.45) is 0 Å². The molecule has 6 heteroatoms. The molecular formula is C13H16FN3OS. The Hall–Kier alpha value is -1.66. The molecule has 1 atom stereocenters. The molecule has 0 saturated heterocycles. The van der Waals surface area contributed by atoms with Crippen molar-refractivity contribution in [1.29, 1.82) is 0 Å². The second kappa shape index (κ2) is 6.49. The topological polar surface area (TPSA) is 60.2 Å². The number of nitrogens with one attached hydrogen (secondary N) is 1. The maximum atomic E-state index is 13.0. The maximum Gasteiger partial charge on any atom is 0.180 e. The molecule has 0 saturated carbocycles. The standard InChI is InChI=1S/C13H16FN3OS/c1-9(16-6-12-7-17-13(15)19-12)8-18-11-4-2-3-10(14)5-11/h2-5,7,9,16H,6,8H2,1H3,(H2,15,17). The molecule has 19 heavy (non-hydrogen) atoms. The summed E-state index contributed by atoms with van der Waals surface area (Å²) in [6, 6.07) is 6.27. The van der Waals surface area contributed by atoms with Gasteiger partial charge in [-0.2, -0.15) is 0 Å². The molecule has 1 aromatic carbocycles. The Morgan fingerprint density at radius 1 is 1.53 bits per heavy atom. The lowest BCUT2D eigenvalue weighted by atomic mass is 10.3. The van der Waals surface area contributed by atoms with Crippen molar-refractivity contribution in [2.75, 3.05) is 12.3 Å². The van der Waals surface area contributed by atoms with Gasteiger partial charge in [-0.1, -0.05) is 6.07 Å². The molecule has 0 radical (unpaired) electrons. The molecule has 0 spiro atoms. The molecule has 1 unspecified atom stereocenters. The molecule has 0 aliphatic rings. The number of aromatic nitrogens is 1. The van der Waals surface area contributed by atoms with E-state index in [-0.39, 0.29) is 11.9 Å². The quantitative estimate of drug-likeness (QED) is 0.853. The molecule has 0 fully saturated rings. The molecular weight excluding hydrogens is 265 g/mol. The highest BCUT2D eigenvalue weighted by atomic mass is 32.1. The van der Waals surface area contributed by atoms with E-state index in [4.69, 9.17) is 10.5 Å². The lowest BCUT2D eigenvalue weighted by Crippen LogP contribution is -2.31. The number of benzene rings is 1. The van der Waals surface area contributed by atoms with Gasteiger partial charge in [0, 0.05) is 29.7 Å². The van der Waals surface area contributed by atoms with Crippen LogP contribution in [0, 0.1) is 5.82 Å². The van der Waals surface area contributed by atoms with Crippen LogP contribution in [0.4, 0.5) is 9.52 Å². The molecule has 1 heterocycles. The van der Waals surface area contributed by atoms with Crippen molar-refractivity contribution in [3.63, 3.8) is 0 Å². The first-order valence-corrected chi connectivity index (χ1v) is 6.77. The highest BCUT2D eigenvalue weighted by Gasteiger charge is 2.05.